The lowest BCUT2D eigenvalue weighted by Gasteiger charge is -2.41. The smallest absolute Gasteiger partial charge is 0.142 e. The highest BCUT2D eigenvalue weighted by Gasteiger charge is 2.39. The van der Waals surface area contributed by atoms with Gasteiger partial charge in [-0.15, -0.1) is 0 Å². The van der Waals surface area contributed by atoms with Crippen molar-refractivity contribution in [2.24, 2.45) is 11.3 Å². The van der Waals surface area contributed by atoms with Crippen LogP contribution in [0, 0.1) is 11.3 Å². The summed E-state index contributed by atoms with van der Waals surface area (Å²) in [4.78, 5) is 14.8. The maximum absolute atomic E-state index is 12.5. The molecule has 0 bridgehead atoms. The van der Waals surface area contributed by atoms with E-state index < -0.39 is 0 Å². The van der Waals surface area contributed by atoms with Gasteiger partial charge in [0, 0.05) is 30.5 Å². The lowest BCUT2D eigenvalue weighted by Crippen LogP contribution is -2.52. The number of Topliss-reactive ketones (excluding diaryl/α,β-unsaturated/α-hetero) is 1. The summed E-state index contributed by atoms with van der Waals surface area (Å²) in [7, 11) is 0. The Kier molecular flexibility index (Phi) is 4.64. The fourth-order valence-corrected chi connectivity index (χ4v) is 3.29. The van der Waals surface area contributed by atoms with Gasteiger partial charge in [0.1, 0.15) is 5.78 Å². The van der Waals surface area contributed by atoms with Crippen molar-refractivity contribution >= 4 is 5.78 Å². The van der Waals surface area contributed by atoms with Crippen molar-refractivity contribution in [3.8, 4) is 0 Å². The van der Waals surface area contributed by atoms with Gasteiger partial charge in [0.25, 0.3) is 0 Å². The summed E-state index contributed by atoms with van der Waals surface area (Å²) >= 11 is 0. The van der Waals surface area contributed by atoms with Gasteiger partial charge >= 0.3 is 0 Å². The molecule has 1 heterocycles. The van der Waals surface area contributed by atoms with Crippen molar-refractivity contribution in [1.29, 1.82) is 0 Å². The minimum atomic E-state index is -0.158. The van der Waals surface area contributed by atoms with Crippen LogP contribution in [0.15, 0.2) is 0 Å². The molecule has 1 N–H and O–H groups in total. The van der Waals surface area contributed by atoms with Crippen molar-refractivity contribution in [2.45, 2.75) is 52.2 Å². The number of aliphatic hydroxyl groups is 1. The molecule has 0 aromatic heterocycles. The monoisotopic (exact) mass is 269 g/mol. The molecule has 0 amide bonds. The Morgan fingerprint density at radius 1 is 1.47 bits per heavy atom. The third kappa shape index (κ3) is 3.36. The molecule has 0 spiro atoms. The fourth-order valence-electron chi connectivity index (χ4n) is 3.29. The van der Waals surface area contributed by atoms with Gasteiger partial charge in [-0.1, -0.05) is 20.3 Å². The normalized spacial score (nSPS) is 36.4. The zero-order chi connectivity index (χ0) is 14.0. The number of hydrogen-bond acceptors (Lipinski definition) is 4. The van der Waals surface area contributed by atoms with Crippen LogP contribution in [-0.2, 0) is 9.53 Å². The predicted octanol–water partition coefficient (Wildman–Crippen LogP) is 1.46. The summed E-state index contributed by atoms with van der Waals surface area (Å²) in [5.74, 6) is 0.571. The Hall–Kier alpha value is -0.450. The van der Waals surface area contributed by atoms with Crippen molar-refractivity contribution in [3.05, 3.63) is 0 Å². The van der Waals surface area contributed by atoms with Gasteiger partial charge in [-0.2, -0.15) is 0 Å². The molecular weight excluding hydrogens is 242 g/mol. The van der Waals surface area contributed by atoms with Crippen LogP contribution in [0.25, 0.3) is 0 Å². The summed E-state index contributed by atoms with van der Waals surface area (Å²) in [6.07, 6.45) is 3.07. The van der Waals surface area contributed by atoms with Crippen LogP contribution in [0.5, 0.6) is 0 Å². The van der Waals surface area contributed by atoms with Gasteiger partial charge in [-0.3, -0.25) is 9.69 Å². The molecule has 0 radical (unpaired) electrons. The number of rotatable bonds is 3. The molecule has 1 saturated carbocycles. The molecule has 2 rings (SSSR count). The van der Waals surface area contributed by atoms with E-state index in [4.69, 9.17) is 4.74 Å². The summed E-state index contributed by atoms with van der Waals surface area (Å²) in [6.45, 7) is 8.54. The molecule has 3 unspecified atom stereocenters. The van der Waals surface area contributed by atoms with Crippen molar-refractivity contribution in [3.63, 3.8) is 0 Å². The highest BCUT2D eigenvalue weighted by molar-refractivity contribution is 5.87. The van der Waals surface area contributed by atoms with Crippen LogP contribution in [0.3, 0.4) is 0 Å². The first kappa shape index (κ1) is 14.9. The lowest BCUT2D eigenvalue weighted by molar-refractivity contribution is -0.137. The second-order valence-electron chi connectivity index (χ2n) is 6.78. The number of hydrogen-bond donors (Lipinski definition) is 1. The first-order valence-corrected chi connectivity index (χ1v) is 7.45. The summed E-state index contributed by atoms with van der Waals surface area (Å²) < 4.78 is 5.55. The van der Waals surface area contributed by atoms with Gasteiger partial charge < -0.3 is 9.84 Å². The molecule has 2 aliphatic rings. The number of nitrogens with zero attached hydrogens (tertiary/aromatic N) is 1. The van der Waals surface area contributed by atoms with E-state index in [9.17, 15) is 9.90 Å². The minimum Gasteiger partial charge on any atom is -0.394 e. The third-order valence-corrected chi connectivity index (χ3v) is 4.69. The number of carbonyl (C=O) groups is 1. The Morgan fingerprint density at radius 2 is 2.21 bits per heavy atom. The number of morpholine rings is 1. The van der Waals surface area contributed by atoms with Crippen molar-refractivity contribution in [1.82, 2.24) is 4.90 Å². The summed E-state index contributed by atoms with van der Waals surface area (Å²) in [5.41, 5.74) is -0.158. The Balaban J connectivity index is 1.97. The van der Waals surface area contributed by atoms with E-state index in [1.54, 1.807) is 0 Å². The molecule has 0 aromatic carbocycles. The van der Waals surface area contributed by atoms with Crippen LogP contribution < -0.4 is 0 Å². The number of ketones is 1. The molecule has 3 atom stereocenters. The molecule has 2 fully saturated rings. The lowest BCUT2D eigenvalue weighted by atomic mass is 9.71. The van der Waals surface area contributed by atoms with E-state index in [1.165, 1.54) is 0 Å². The van der Waals surface area contributed by atoms with Crippen LogP contribution in [0.2, 0.25) is 0 Å². The van der Waals surface area contributed by atoms with Gasteiger partial charge in [-0.25, -0.2) is 0 Å². The van der Waals surface area contributed by atoms with Crippen molar-refractivity contribution in [2.75, 3.05) is 26.3 Å². The average molecular weight is 269 g/mol. The second kappa shape index (κ2) is 5.90. The topological polar surface area (TPSA) is 49.8 Å². The van der Waals surface area contributed by atoms with E-state index in [0.717, 1.165) is 32.4 Å². The molecular formula is C15H27NO3. The molecule has 19 heavy (non-hydrogen) atoms. The zero-order valence-corrected chi connectivity index (χ0v) is 12.4. The van der Waals surface area contributed by atoms with Gasteiger partial charge in [-0.05, 0) is 19.8 Å². The van der Waals surface area contributed by atoms with Crippen molar-refractivity contribution < 1.29 is 14.6 Å². The van der Waals surface area contributed by atoms with E-state index in [0.29, 0.717) is 18.4 Å². The number of aliphatic hydroxyl groups excluding tert-OH is 1. The number of ether oxygens (including phenoxy) is 1. The predicted molar refractivity (Wildman–Crippen MR) is 74.0 cm³/mol. The number of carbonyl (C=O) groups excluding carboxylic acids is 1. The van der Waals surface area contributed by atoms with Gasteiger partial charge in [0.15, 0.2) is 0 Å². The average Bonchev–Trinajstić information content (AvgIpc) is 2.37. The quantitative estimate of drug-likeness (QED) is 0.843. The van der Waals surface area contributed by atoms with Crippen LogP contribution in [0.1, 0.15) is 40.0 Å². The third-order valence-electron chi connectivity index (χ3n) is 4.69. The van der Waals surface area contributed by atoms with Crippen LogP contribution >= 0.6 is 0 Å². The Labute approximate surface area is 116 Å². The Morgan fingerprint density at radius 3 is 2.89 bits per heavy atom. The van der Waals surface area contributed by atoms with Crippen LogP contribution in [0.4, 0.5) is 0 Å². The molecule has 4 heteroatoms. The van der Waals surface area contributed by atoms with Gasteiger partial charge in [0.05, 0.1) is 19.3 Å². The minimum absolute atomic E-state index is 0.0628. The largest absolute Gasteiger partial charge is 0.394 e. The summed E-state index contributed by atoms with van der Waals surface area (Å²) in [6, 6.07) is 0.334. The molecule has 1 aliphatic carbocycles. The molecule has 1 saturated heterocycles. The van der Waals surface area contributed by atoms with E-state index in [-0.39, 0.29) is 24.0 Å². The standard InChI is InChI=1S/C15H27NO3/c1-11-10-19-13(9-17)8-16(11)7-12-5-4-6-15(2,3)14(12)18/h11-13,17H,4-10H2,1-3H3. The summed E-state index contributed by atoms with van der Waals surface area (Å²) in [5, 5.41) is 9.22. The second-order valence-corrected chi connectivity index (χ2v) is 6.78. The zero-order valence-electron chi connectivity index (χ0n) is 12.4. The fraction of sp³-hybridized carbons (Fsp3) is 0.933. The Bertz CT molecular complexity index is 329. The van der Waals surface area contributed by atoms with E-state index in [1.807, 2.05) is 0 Å². The molecule has 1 aliphatic heterocycles. The highest BCUT2D eigenvalue weighted by Crippen LogP contribution is 2.36. The first-order chi connectivity index (χ1) is 8.94. The maximum Gasteiger partial charge on any atom is 0.142 e. The van der Waals surface area contributed by atoms with Crippen LogP contribution in [-0.4, -0.2) is 54.2 Å². The highest BCUT2D eigenvalue weighted by atomic mass is 16.5. The molecule has 4 nitrogen and oxygen atoms in total. The van der Waals surface area contributed by atoms with E-state index in [2.05, 4.69) is 25.7 Å². The van der Waals surface area contributed by atoms with E-state index >= 15 is 0 Å². The molecule has 110 valence electrons. The van der Waals surface area contributed by atoms with Gasteiger partial charge in [0.2, 0.25) is 0 Å². The SMILES string of the molecule is CC1COC(CO)CN1CC1CCCC(C)(C)C1=O. The molecule has 0 aromatic rings. The first-order valence-electron chi connectivity index (χ1n) is 7.45. The maximum atomic E-state index is 12.5.